The summed E-state index contributed by atoms with van der Waals surface area (Å²) in [4.78, 5) is 0. The van der Waals surface area contributed by atoms with Crippen molar-refractivity contribution in [1.29, 1.82) is 0 Å². The van der Waals surface area contributed by atoms with Crippen molar-refractivity contribution in [2.75, 3.05) is 0 Å². The van der Waals surface area contributed by atoms with Gasteiger partial charge in [0.05, 0.1) is 5.92 Å². The number of furan rings is 1. The number of ether oxygens (including phenoxy) is 1. The van der Waals surface area contributed by atoms with E-state index in [1.807, 2.05) is 6.07 Å². The number of para-hydroxylation sites is 1. The molecule has 0 saturated heterocycles. The Hall–Kier alpha value is -7.16. The van der Waals surface area contributed by atoms with Gasteiger partial charge >= 0.3 is 0 Å². The summed E-state index contributed by atoms with van der Waals surface area (Å²) in [7, 11) is 0. The van der Waals surface area contributed by atoms with Crippen molar-refractivity contribution >= 4 is 49.4 Å². The first kappa shape index (κ1) is 31.2. The van der Waals surface area contributed by atoms with E-state index in [2.05, 4.69) is 188 Å². The number of rotatable bonds is 4. The third kappa shape index (κ3) is 4.76. The molecule has 1 aromatic heterocycles. The molecule has 12 rings (SSSR count). The minimum Gasteiger partial charge on any atom is -0.481 e. The van der Waals surface area contributed by atoms with Gasteiger partial charge in [-0.3, -0.25) is 0 Å². The van der Waals surface area contributed by atoms with E-state index in [4.69, 9.17) is 9.15 Å². The topological polar surface area (TPSA) is 22.4 Å². The Balaban J connectivity index is 0.878. The van der Waals surface area contributed by atoms with Gasteiger partial charge in [-0.15, -0.1) is 0 Å². The Morgan fingerprint density at radius 3 is 1.62 bits per heavy atom. The molecule has 2 atom stereocenters. The standard InChI is InChI=1S/C54H34O2/c1-2-10-38-31-40(26-23-33(38)9-1)52-44-14-5-3-12-42(44)51(43-13-4-6-15-45(43)52)37-24-21-35(22-25-37)34-17-19-36(20-18-34)39-27-30-50-48(32-39)47-29-28-46-41-11-7-8-16-49(41)55-53(46)54(47)56-50/h1-32,46,53H. The largest absolute Gasteiger partial charge is 0.481 e. The molecule has 262 valence electrons. The van der Waals surface area contributed by atoms with E-state index in [-0.39, 0.29) is 12.0 Å². The Morgan fingerprint density at radius 2 is 0.929 bits per heavy atom. The van der Waals surface area contributed by atoms with E-state index in [1.165, 1.54) is 82.4 Å². The highest BCUT2D eigenvalue weighted by atomic mass is 16.5. The highest BCUT2D eigenvalue weighted by molar-refractivity contribution is 6.21. The number of benzene rings is 9. The highest BCUT2D eigenvalue weighted by Gasteiger charge is 2.40. The first-order valence-electron chi connectivity index (χ1n) is 19.4. The van der Waals surface area contributed by atoms with Gasteiger partial charge in [0.1, 0.15) is 11.3 Å². The van der Waals surface area contributed by atoms with Crippen LogP contribution in [0.4, 0.5) is 0 Å². The molecule has 56 heavy (non-hydrogen) atoms. The molecule has 0 N–H and O–H groups in total. The van der Waals surface area contributed by atoms with Gasteiger partial charge in [0.2, 0.25) is 0 Å². The van der Waals surface area contributed by atoms with Crippen LogP contribution in [0.3, 0.4) is 0 Å². The number of fused-ring (bicyclic) bond motifs is 10. The number of hydrogen-bond donors (Lipinski definition) is 0. The average molecular weight is 715 g/mol. The summed E-state index contributed by atoms with van der Waals surface area (Å²) in [5.74, 6) is 2.05. The van der Waals surface area contributed by atoms with Gasteiger partial charge in [0.25, 0.3) is 0 Å². The lowest BCUT2D eigenvalue weighted by Crippen LogP contribution is -2.11. The lowest BCUT2D eigenvalue weighted by molar-refractivity contribution is 0.193. The maximum Gasteiger partial charge on any atom is 0.167 e. The molecular weight excluding hydrogens is 681 g/mol. The van der Waals surface area contributed by atoms with Gasteiger partial charge in [-0.1, -0.05) is 170 Å². The molecule has 0 fully saturated rings. The zero-order chi connectivity index (χ0) is 36.7. The van der Waals surface area contributed by atoms with Crippen molar-refractivity contribution < 1.29 is 9.15 Å². The van der Waals surface area contributed by atoms with Crippen LogP contribution < -0.4 is 4.74 Å². The van der Waals surface area contributed by atoms with Crippen LogP contribution >= 0.6 is 0 Å². The lowest BCUT2D eigenvalue weighted by atomic mass is 9.85. The van der Waals surface area contributed by atoms with Crippen LogP contribution in [0.25, 0.3) is 93.9 Å². The summed E-state index contributed by atoms with van der Waals surface area (Å²) in [6, 6.07) is 66.1. The van der Waals surface area contributed by atoms with E-state index in [0.717, 1.165) is 28.0 Å². The lowest BCUT2D eigenvalue weighted by Gasteiger charge is -2.18. The van der Waals surface area contributed by atoms with Crippen molar-refractivity contribution in [3.05, 3.63) is 205 Å². The fourth-order valence-electron chi connectivity index (χ4n) is 9.34. The third-order valence-corrected chi connectivity index (χ3v) is 12.0. The predicted octanol–water partition coefficient (Wildman–Crippen LogP) is 14.8. The molecule has 0 bridgehead atoms. The van der Waals surface area contributed by atoms with Crippen molar-refractivity contribution in [1.82, 2.24) is 0 Å². The summed E-state index contributed by atoms with van der Waals surface area (Å²) in [6.45, 7) is 0. The molecular formula is C54H34O2. The second-order valence-corrected chi connectivity index (χ2v) is 15.1. The fourth-order valence-corrected chi connectivity index (χ4v) is 9.34. The zero-order valence-corrected chi connectivity index (χ0v) is 30.4. The van der Waals surface area contributed by atoms with Crippen LogP contribution in [0, 0.1) is 0 Å². The van der Waals surface area contributed by atoms with Gasteiger partial charge < -0.3 is 9.15 Å². The summed E-state index contributed by atoms with van der Waals surface area (Å²) in [5.41, 5.74) is 13.0. The normalized spacial score (nSPS) is 15.6. The van der Waals surface area contributed by atoms with Crippen LogP contribution in [0.5, 0.6) is 5.75 Å². The van der Waals surface area contributed by atoms with Crippen LogP contribution in [-0.4, -0.2) is 0 Å². The molecule has 2 nitrogen and oxygen atoms in total. The van der Waals surface area contributed by atoms with Gasteiger partial charge in [-0.2, -0.15) is 0 Å². The minimum atomic E-state index is -0.124. The number of hydrogen-bond acceptors (Lipinski definition) is 2. The summed E-state index contributed by atoms with van der Waals surface area (Å²) in [5, 5.41) is 8.69. The predicted molar refractivity (Wildman–Crippen MR) is 232 cm³/mol. The van der Waals surface area contributed by atoms with Gasteiger partial charge in [0.15, 0.2) is 11.9 Å². The second kappa shape index (κ2) is 12.2. The first-order valence-corrected chi connectivity index (χ1v) is 19.4. The van der Waals surface area contributed by atoms with Crippen molar-refractivity contribution in [2.45, 2.75) is 12.0 Å². The van der Waals surface area contributed by atoms with Gasteiger partial charge in [-0.05, 0) is 101 Å². The van der Waals surface area contributed by atoms with Crippen molar-refractivity contribution in [3.63, 3.8) is 0 Å². The van der Waals surface area contributed by atoms with Crippen molar-refractivity contribution in [2.24, 2.45) is 0 Å². The smallest absolute Gasteiger partial charge is 0.167 e. The Kier molecular flexibility index (Phi) is 6.79. The molecule has 0 spiro atoms. The van der Waals surface area contributed by atoms with E-state index >= 15 is 0 Å². The Morgan fingerprint density at radius 1 is 0.393 bits per heavy atom. The van der Waals surface area contributed by atoms with Crippen molar-refractivity contribution in [3.8, 4) is 50.3 Å². The molecule has 9 aromatic carbocycles. The zero-order valence-electron chi connectivity index (χ0n) is 30.4. The van der Waals surface area contributed by atoms with Crippen LogP contribution in [0.1, 0.15) is 28.9 Å². The fraction of sp³-hybridized carbons (Fsp3) is 0.0370. The maximum atomic E-state index is 6.46. The van der Waals surface area contributed by atoms with E-state index in [1.54, 1.807) is 0 Å². The monoisotopic (exact) mass is 714 g/mol. The first-order chi connectivity index (χ1) is 27.7. The Bertz CT molecular complexity index is 3160. The minimum absolute atomic E-state index is 0.124. The molecule has 1 aliphatic heterocycles. The third-order valence-electron chi connectivity index (χ3n) is 12.0. The molecule has 2 aliphatic rings. The molecule has 0 saturated carbocycles. The van der Waals surface area contributed by atoms with Gasteiger partial charge in [-0.25, -0.2) is 0 Å². The summed E-state index contributed by atoms with van der Waals surface area (Å²) < 4.78 is 12.9. The van der Waals surface area contributed by atoms with Crippen LogP contribution in [0.15, 0.2) is 192 Å². The highest BCUT2D eigenvalue weighted by Crippen LogP contribution is 2.52. The molecule has 2 unspecified atom stereocenters. The molecule has 0 amide bonds. The summed E-state index contributed by atoms with van der Waals surface area (Å²) >= 11 is 0. The Labute approximate surface area is 324 Å². The maximum absolute atomic E-state index is 6.46. The van der Waals surface area contributed by atoms with E-state index in [9.17, 15) is 0 Å². The molecule has 1 aliphatic carbocycles. The van der Waals surface area contributed by atoms with Crippen LogP contribution in [0.2, 0.25) is 0 Å². The average Bonchev–Trinajstić information content (AvgIpc) is 3.84. The molecule has 2 heteroatoms. The molecule has 2 heterocycles. The summed E-state index contributed by atoms with van der Waals surface area (Å²) in [6.07, 6.45) is 4.36. The molecule has 10 aromatic rings. The van der Waals surface area contributed by atoms with E-state index in [0.29, 0.717) is 0 Å². The quantitative estimate of drug-likeness (QED) is 0.169. The SMILES string of the molecule is C1=CC2c3ccccc3OC2c2oc3ccc(-c4ccc(-c5ccc(-c6c7ccccc7c(-c7ccc8ccccc8c7)c7ccccc67)cc5)cc4)cc3c21. The molecule has 0 radical (unpaired) electrons. The van der Waals surface area contributed by atoms with E-state index < -0.39 is 0 Å². The van der Waals surface area contributed by atoms with Gasteiger partial charge in [0, 0.05) is 16.5 Å². The van der Waals surface area contributed by atoms with Crippen LogP contribution in [-0.2, 0) is 0 Å². The second-order valence-electron chi connectivity index (χ2n) is 15.1.